The highest BCUT2D eigenvalue weighted by atomic mass is 16.5. The lowest BCUT2D eigenvalue weighted by Gasteiger charge is -2.33. The topological polar surface area (TPSA) is 84.7 Å². The molecular weight excluding hydrogens is 294 g/mol. The van der Waals surface area contributed by atoms with Crippen LogP contribution in [0.2, 0.25) is 0 Å². The van der Waals surface area contributed by atoms with Crippen LogP contribution in [0.5, 0.6) is 5.75 Å². The molecule has 6 heteroatoms. The number of nitrogens with two attached hydrogens (primary N) is 1. The van der Waals surface area contributed by atoms with E-state index in [2.05, 4.69) is 5.32 Å². The van der Waals surface area contributed by atoms with Crippen molar-refractivity contribution in [2.24, 2.45) is 5.73 Å². The molecule has 1 aromatic rings. The molecule has 0 aromatic heterocycles. The SMILES string of the molecule is COc1cccc(C[C@@H](NC(C)=O)C(=O)N2CCC[C@@H](N)C2)c1. The Hall–Kier alpha value is -2.08. The lowest BCUT2D eigenvalue weighted by Crippen LogP contribution is -2.54. The van der Waals surface area contributed by atoms with Crippen molar-refractivity contribution in [3.05, 3.63) is 29.8 Å². The van der Waals surface area contributed by atoms with Crippen molar-refractivity contribution >= 4 is 11.8 Å². The molecule has 1 heterocycles. The van der Waals surface area contributed by atoms with E-state index in [1.165, 1.54) is 6.92 Å². The van der Waals surface area contributed by atoms with Gasteiger partial charge in [0.2, 0.25) is 11.8 Å². The zero-order valence-corrected chi connectivity index (χ0v) is 13.7. The second-order valence-corrected chi connectivity index (χ2v) is 6.00. The van der Waals surface area contributed by atoms with Crippen LogP contribution in [0.4, 0.5) is 0 Å². The monoisotopic (exact) mass is 319 g/mol. The second kappa shape index (κ2) is 7.97. The number of benzene rings is 1. The molecule has 0 saturated carbocycles. The van der Waals surface area contributed by atoms with E-state index >= 15 is 0 Å². The molecule has 1 saturated heterocycles. The zero-order chi connectivity index (χ0) is 16.8. The summed E-state index contributed by atoms with van der Waals surface area (Å²) in [5.74, 6) is 0.447. The van der Waals surface area contributed by atoms with E-state index in [1.54, 1.807) is 12.0 Å². The van der Waals surface area contributed by atoms with Crippen LogP contribution in [0, 0.1) is 0 Å². The van der Waals surface area contributed by atoms with Gasteiger partial charge in [-0.2, -0.15) is 0 Å². The number of nitrogens with one attached hydrogen (secondary N) is 1. The molecule has 2 amide bonds. The Kier molecular flexibility index (Phi) is 5.98. The quantitative estimate of drug-likeness (QED) is 0.836. The lowest BCUT2D eigenvalue weighted by atomic mass is 10.0. The van der Waals surface area contributed by atoms with E-state index in [9.17, 15) is 9.59 Å². The van der Waals surface area contributed by atoms with E-state index < -0.39 is 6.04 Å². The maximum atomic E-state index is 12.8. The van der Waals surface area contributed by atoms with Gasteiger partial charge in [0.25, 0.3) is 0 Å². The smallest absolute Gasteiger partial charge is 0.245 e. The number of amides is 2. The molecule has 0 bridgehead atoms. The number of hydrogen-bond acceptors (Lipinski definition) is 4. The third-order valence-electron chi connectivity index (χ3n) is 4.02. The second-order valence-electron chi connectivity index (χ2n) is 6.00. The van der Waals surface area contributed by atoms with Crippen LogP contribution < -0.4 is 15.8 Å². The number of carbonyl (C=O) groups is 2. The summed E-state index contributed by atoms with van der Waals surface area (Å²) in [7, 11) is 1.60. The van der Waals surface area contributed by atoms with E-state index in [1.807, 2.05) is 24.3 Å². The molecule has 6 nitrogen and oxygen atoms in total. The Balaban J connectivity index is 2.12. The molecule has 1 fully saturated rings. The van der Waals surface area contributed by atoms with E-state index in [0.717, 1.165) is 24.2 Å². The van der Waals surface area contributed by atoms with Gasteiger partial charge >= 0.3 is 0 Å². The summed E-state index contributed by atoms with van der Waals surface area (Å²) in [4.78, 5) is 26.0. The summed E-state index contributed by atoms with van der Waals surface area (Å²) in [6.07, 6.45) is 2.27. The third-order valence-corrected chi connectivity index (χ3v) is 4.02. The number of nitrogens with zero attached hydrogens (tertiary/aromatic N) is 1. The van der Waals surface area contributed by atoms with Gasteiger partial charge in [0, 0.05) is 32.5 Å². The Morgan fingerprint density at radius 1 is 1.48 bits per heavy atom. The van der Waals surface area contributed by atoms with Gasteiger partial charge in [-0.05, 0) is 30.5 Å². The average Bonchev–Trinajstić information content (AvgIpc) is 2.53. The molecule has 0 radical (unpaired) electrons. The van der Waals surface area contributed by atoms with Crippen molar-refractivity contribution in [3.63, 3.8) is 0 Å². The van der Waals surface area contributed by atoms with Crippen LogP contribution in [-0.2, 0) is 16.0 Å². The zero-order valence-electron chi connectivity index (χ0n) is 13.7. The molecule has 2 atom stereocenters. The van der Waals surface area contributed by atoms with Gasteiger partial charge < -0.3 is 20.7 Å². The number of rotatable bonds is 5. The predicted octanol–water partition coefficient (Wildman–Crippen LogP) is 0.692. The molecule has 23 heavy (non-hydrogen) atoms. The van der Waals surface area contributed by atoms with Crippen LogP contribution in [0.15, 0.2) is 24.3 Å². The first-order chi connectivity index (χ1) is 11.0. The molecule has 3 N–H and O–H groups in total. The van der Waals surface area contributed by atoms with Crippen LogP contribution in [0.3, 0.4) is 0 Å². The van der Waals surface area contributed by atoms with Gasteiger partial charge in [0.15, 0.2) is 0 Å². The molecule has 0 aliphatic carbocycles. The summed E-state index contributed by atoms with van der Waals surface area (Å²) < 4.78 is 5.21. The van der Waals surface area contributed by atoms with Crippen LogP contribution in [0.25, 0.3) is 0 Å². The lowest BCUT2D eigenvalue weighted by molar-refractivity contribution is -0.137. The minimum atomic E-state index is -0.579. The molecule has 0 spiro atoms. The van der Waals surface area contributed by atoms with E-state index in [0.29, 0.717) is 19.5 Å². The van der Waals surface area contributed by atoms with Crippen LogP contribution in [0.1, 0.15) is 25.3 Å². The van der Waals surface area contributed by atoms with Crippen molar-refractivity contribution in [1.82, 2.24) is 10.2 Å². The number of hydrogen-bond donors (Lipinski definition) is 2. The molecule has 1 aromatic carbocycles. The number of carbonyl (C=O) groups excluding carboxylic acids is 2. The minimum absolute atomic E-state index is 0.0162. The van der Waals surface area contributed by atoms with Gasteiger partial charge in [-0.1, -0.05) is 12.1 Å². The highest BCUT2D eigenvalue weighted by Gasteiger charge is 2.28. The molecule has 1 aliphatic heterocycles. The van der Waals surface area contributed by atoms with Crippen molar-refractivity contribution in [2.45, 2.75) is 38.3 Å². The average molecular weight is 319 g/mol. The predicted molar refractivity (Wildman–Crippen MR) is 88.1 cm³/mol. The molecule has 2 rings (SSSR count). The van der Waals surface area contributed by atoms with Crippen LogP contribution in [-0.4, -0.2) is 49.0 Å². The largest absolute Gasteiger partial charge is 0.497 e. The number of ether oxygens (including phenoxy) is 1. The number of piperidine rings is 1. The molecule has 1 aliphatic rings. The maximum Gasteiger partial charge on any atom is 0.245 e. The van der Waals surface area contributed by atoms with E-state index in [4.69, 9.17) is 10.5 Å². The van der Waals surface area contributed by atoms with Gasteiger partial charge in [0.05, 0.1) is 7.11 Å². The Morgan fingerprint density at radius 3 is 2.91 bits per heavy atom. The first-order valence-corrected chi connectivity index (χ1v) is 7.94. The molecule has 126 valence electrons. The maximum absolute atomic E-state index is 12.8. The minimum Gasteiger partial charge on any atom is -0.497 e. The van der Waals surface area contributed by atoms with Crippen molar-refractivity contribution in [1.29, 1.82) is 0 Å². The normalized spacial score (nSPS) is 19.1. The third kappa shape index (κ3) is 4.96. The fraction of sp³-hybridized carbons (Fsp3) is 0.529. The molecule has 0 unspecified atom stereocenters. The number of likely N-dealkylation sites (tertiary alicyclic amines) is 1. The summed E-state index contributed by atoms with van der Waals surface area (Å²) in [6, 6.07) is 6.96. The van der Waals surface area contributed by atoms with Gasteiger partial charge in [-0.15, -0.1) is 0 Å². The van der Waals surface area contributed by atoms with Crippen molar-refractivity contribution in [3.8, 4) is 5.75 Å². The van der Waals surface area contributed by atoms with Crippen LogP contribution >= 0.6 is 0 Å². The summed E-state index contributed by atoms with van der Waals surface area (Å²) in [5.41, 5.74) is 6.90. The van der Waals surface area contributed by atoms with Gasteiger partial charge in [-0.25, -0.2) is 0 Å². The number of methoxy groups -OCH3 is 1. The van der Waals surface area contributed by atoms with E-state index in [-0.39, 0.29) is 17.9 Å². The highest BCUT2D eigenvalue weighted by molar-refractivity contribution is 5.87. The van der Waals surface area contributed by atoms with Gasteiger partial charge in [0.1, 0.15) is 11.8 Å². The summed E-state index contributed by atoms with van der Waals surface area (Å²) in [5, 5.41) is 2.77. The fourth-order valence-electron chi connectivity index (χ4n) is 2.91. The Labute approximate surface area is 137 Å². The summed E-state index contributed by atoms with van der Waals surface area (Å²) in [6.45, 7) is 2.67. The Morgan fingerprint density at radius 2 is 2.26 bits per heavy atom. The first kappa shape index (κ1) is 17.3. The Bertz CT molecular complexity index is 562. The van der Waals surface area contributed by atoms with Crippen molar-refractivity contribution < 1.29 is 14.3 Å². The fourth-order valence-corrected chi connectivity index (χ4v) is 2.91. The first-order valence-electron chi connectivity index (χ1n) is 7.94. The highest BCUT2D eigenvalue weighted by Crippen LogP contribution is 2.16. The standard InChI is InChI=1S/C17H25N3O3/c1-12(21)19-16(10-13-5-3-7-15(9-13)23-2)17(22)20-8-4-6-14(18)11-20/h3,5,7,9,14,16H,4,6,8,10-11,18H2,1-2H3,(H,19,21)/t14-,16-/m1/s1. The summed E-state index contributed by atoms with van der Waals surface area (Å²) >= 11 is 0. The van der Waals surface area contributed by atoms with Crippen molar-refractivity contribution in [2.75, 3.05) is 20.2 Å². The van der Waals surface area contributed by atoms with Gasteiger partial charge in [-0.3, -0.25) is 9.59 Å². The molecular formula is C17H25N3O3.